The summed E-state index contributed by atoms with van der Waals surface area (Å²) in [7, 11) is 0. The lowest BCUT2D eigenvalue weighted by atomic mass is 10.2. The maximum absolute atomic E-state index is 11.6. The maximum atomic E-state index is 11.6. The van der Waals surface area contributed by atoms with E-state index < -0.39 is 0 Å². The smallest absolute Gasteiger partial charge is 0.277 e. The number of halogens is 2. The standard InChI is InChI=1S/C15H12BrClN2O2/c16-12-4-2-6-14(8-12)21-10-15(20)19-18-9-11-3-1-5-13(17)7-11/h1-9H,10H2,(H,19,20). The summed E-state index contributed by atoms with van der Waals surface area (Å²) in [5.74, 6) is 0.270. The zero-order valence-corrected chi connectivity index (χ0v) is 13.3. The van der Waals surface area contributed by atoms with Crippen LogP contribution in [-0.4, -0.2) is 18.7 Å². The molecule has 0 unspecified atom stereocenters. The molecule has 1 amide bonds. The molecule has 1 N–H and O–H groups in total. The first-order valence-corrected chi connectivity index (χ1v) is 7.26. The van der Waals surface area contributed by atoms with Crippen molar-refractivity contribution in [3.63, 3.8) is 0 Å². The molecule has 6 heteroatoms. The molecule has 0 aliphatic carbocycles. The molecule has 0 radical (unpaired) electrons. The largest absolute Gasteiger partial charge is 0.484 e. The predicted octanol–water partition coefficient (Wildman–Crippen LogP) is 3.63. The summed E-state index contributed by atoms with van der Waals surface area (Å²) in [5.41, 5.74) is 3.19. The molecule has 0 heterocycles. The van der Waals surface area contributed by atoms with Gasteiger partial charge in [0.1, 0.15) is 5.75 Å². The number of benzene rings is 2. The predicted molar refractivity (Wildman–Crippen MR) is 86.8 cm³/mol. The van der Waals surface area contributed by atoms with Crippen molar-refractivity contribution in [2.24, 2.45) is 5.10 Å². The summed E-state index contributed by atoms with van der Waals surface area (Å²) < 4.78 is 6.22. The molecule has 0 aliphatic rings. The van der Waals surface area contributed by atoms with Crippen molar-refractivity contribution in [1.29, 1.82) is 0 Å². The Hall–Kier alpha value is -1.85. The van der Waals surface area contributed by atoms with E-state index in [9.17, 15) is 4.79 Å². The molecule has 0 saturated heterocycles. The number of hydrogen-bond donors (Lipinski definition) is 1. The van der Waals surface area contributed by atoms with Crippen LogP contribution in [0, 0.1) is 0 Å². The van der Waals surface area contributed by atoms with E-state index in [2.05, 4.69) is 26.5 Å². The molecular weight excluding hydrogens is 356 g/mol. The van der Waals surface area contributed by atoms with Crippen LogP contribution < -0.4 is 10.2 Å². The van der Waals surface area contributed by atoms with Crippen molar-refractivity contribution < 1.29 is 9.53 Å². The van der Waals surface area contributed by atoms with Crippen LogP contribution in [0.5, 0.6) is 5.75 Å². The minimum atomic E-state index is -0.340. The summed E-state index contributed by atoms with van der Waals surface area (Å²) >= 11 is 9.17. The van der Waals surface area contributed by atoms with Gasteiger partial charge in [-0.1, -0.05) is 45.7 Å². The van der Waals surface area contributed by atoms with Crippen LogP contribution in [-0.2, 0) is 4.79 Å². The molecule has 0 saturated carbocycles. The van der Waals surface area contributed by atoms with Crippen LogP contribution in [0.25, 0.3) is 0 Å². The zero-order chi connectivity index (χ0) is 15.1. The van der Waals surface area contributed by atoms with Crippen LogP contribution in [0.1, 0.15) is 5.56 Å². The number of hydrogen-bond acceptors (Lipinski definition) is 3. The Morgan fingerprint density at radius 1 is 1.29 bits per heavy atom. The summed E-state index contributed by atoms with van der Waals surface area (Å²) in [4.78, 5) is 11.6. The van der Waals surface area contributed by atoms with Crippen molar-refractivity contribution in [3.8, 4) is 5.75 Å². The highest BCUT2D eigenvalue weighted by Gasteiger charge is 2.01. The number of ether oxygens (including phenoxy) is 1. The molecule has 0 aliphatic heterocycles. The van der Waals surface area contributed by atoms with E-state index >= 15 is 0 Å². The lowest BCUT2D eigenvalue weighted by Crippen LogP contribution is -2.24. The van der Waals surface area contributed by atoms with Gasteiger partial charge in [0.15, 0.2) is 6.61 Å². The van der Waals surface area contributed by atoms with Crippen molar-refractivity contribution in [2.45, 2.75) is 0 Å². The molecule has 21 heavy (non-hydrogen) atoms. The van der Waals surface area contributed by atoms with Gasteiger partial charge in [-0.2, -0.15) is 5.10 Å². The molecule has 108 valence electrons. The molecule has 4 nitrogen and oxygen atoms in total. The topological polar surface area (TPSA) is 50.7 Å². The second-order valence-corrected chi connectivity index (χ2v) is 5.45. The van der Waals surface area contributed by atoms with E-state index in [-0.39, 0.29) is 12.5 Å². The molecule has 0 atom stereocenters. The van der Waals surface area contributed by atoms with Crippen molar-refractivity contribution in [2.75, 3.05) is 6.61 Å². The Balaban J connectivity index is 1.80. The number of nitrogens with one attached hydrogen (secondary N) is 1. The summed E-state index contributed by atoms with van der Waals surface area (Å²) in [5, 5.41) is 4.45. The minimum absolute atomic E-state index is 0.108. The third-order valence-electron chi connectivity index (χ3n) is 2.42. The molecular formula is C15H12BrClN2O2. The molecule has 0 fully saturated rings. The Morgan fingerprint density at radius 2 is 2.10 bits per heavy atom. The number of amides is 1. The van der Waals surface area contributed by atoms with E-state index in [1.807, 2.05) is 24.3 Å². The van der Waals surface area contributed by atoms with Crippen LogP contribution >= 0.6 is 27.5 Å². The van der Waals surface area contributed by atoms with Crippen molar-refractivity contribution in [1.82, 2.24) is 5.43 Å². The first-order valence-electron chi connectivity index (χ1n) is 6.09. The minimum Gasteiger partial charge on any atom is -0.484 e. The SMILES string of the molecule is O=C(COc1cccc(Br)c1)NN=Cc1cccc(Cl)c1. The van der Waals surface area contributed by atoms with Crippen LogP contribution in [0.4, 0.5) is 0 Å². The first-order chi connectivity index (χ1) is 10.1. The molecule has 0 aromatic heterocycles. The fourth-order valence-corrected chi connectivity index (χ4v) is 2.08. The van der Waals surface area contributed by atoms with E-state index in [1.165, 1.54) is 6.21 Å². The number of carbonyl (C=O) groups is 1. The van der Waals surface area contributed by atoms with Crippen LogP contribution in [0.15, 0.2) is 58.1 Å². The molecule has 2 aromatic carbocycles. The van der Waals surface area contributed by atoms with E-state index in [4.69, 9.17) is 16.3 Å². The molecule has 2 rings (SSSR count). The second-order valence-electron chi connectivity index (χ2n) is 4.09. The third-order valence-corrected chi connectivity index (χ3v) is 3.15. The van der Waals surface area contributed by atoms with Crippen molar-refractivity contribution in [3.05, 3.63) is 63.6 Å². The Labute approximate surface area is 135 Å². The highest BCUT2D eigenvalue weighted by atomic mass is 79.9. The molecule has 0 bridgehead atoms. The quantitative estimate of drug-likeness (QED) is 0.648. The van der Waals surface area contributed by atoms with Gasteiger partial charge in [0.25, 0.3) is 5.91 Å². The van der Waals surface area contributed by atoms with Crippen molar-refractivity contribution >= 4 is 39.7 Å². The molecule has 0 spiro atoms. The van der Waals surface area contributed by atoms with Gasteiger partial charge >= 0.3 is 0 Å². The highest BCUT2D eigenvalue weighted by Crippen LogP contribution is 2.17. The van der Waals surface area contributed by atoms with Gasteiger partial charge in [0.2, 0.25) is 0 Å². The van der Waals surface area contributed by atoms with E-state index in [0.29, 0.717) is 10.8 Å². The first kappa shape index (κ1) is 15.5. The van der Waals surface area contributed by atoms with Gasteiger partial charge in [-0.05, 0) is 35.9 Å². The Bertz CT molecular complexity index is 662. The number of carbonyl (C=O) groups excluding carboxylic acids is 1. The van der Waals surface area contributed by atoms with E-state index in [1.54, 1.807) is 24.3 Å². The fraction of sp³-hybridized carbons (Fsp3) is 0.0667. The lowest BCUT2D eigenvalue weighted by Gasteiger charge is -2.05. The maximum Gasteiger partial charge on any atom is 0.277 e. The van der Waals surface area contributed by atoms with Gasteiger partial charge in [-0.25, -0.2) is 5.43 Å². The highest BCUT2D eigenvalue weighted by molar-refractivity contribution is 9.10. The normalized spacial score (nSPS) is 10.6. The third kappa shape index (κ3) is 5.57. The number of hydrazone groups is 1. The average molecular weight is 368 g/mol. The Morgan fingerprint density at radius 3 is 2.86 bits per heavy atom. The molecule has 2 aromatic rings. The average Bonchev–Trinajstić information content (AvgIpc) is 2.45. The van der Waals surface area contributed by atoms with Crippen LogP contribution in [0.2, 0.25) is 5.02 Å². The number of rotatable bonds is 5. The van der Waals surface area contributed by atoms with Gasteiger partial charge in [-0.3, -0.25) is 4.79 Å². The summed E-state index contributed by atoms with van der Waals surface area (Å²) in [6, 6.07) is 14.4. The Kier molecular flexibility index (Phi) is 5.78. The van der Waals surface area contributed by atoms with Gasteiger partial charge < -0.3 is 4.74 Å². The van der Waals surface area contributed by atoms with Gasteiger partial charge in [0.05, 0.1) is 6.21 Å². The zero-order valence-electron chi connectivity index (χ0n) is 10.9. The number of nitrogens with zero attached hydrogens (tertiary/aromatic N) is 1. The second kappa shape index (κ2) is 7.81. The summed E-state index contributed by atoms with van der Waals surface area (Å²) in [6.45, 7) is -0.108. The van der Waals surface area contributed by atoms with Gasteiger partial charge in [0, 0.05) is 9.50 Å². The monoisotopic (exact) mass is 366 g/mol. The summed E-state index contributed by atoms with van der Waals surface area (Å²) in [6.07, 6.45) is 1.52. The van der Waals surface area contributed by atoms with E-state index in [0.717, 1.165) is 10.0 Å². The fourth-order valence-electron chi connectivity index (χ4n) is 1.50. The van der Waals surface area contributed by atoms with Gasteiger partial charge in [-0.15, -0.1) is 0 Å². The van der Waals surface area contributed by atoms with Crippen LogP contribution in [0.3, 0.4) is 0 Å². The lowest BCUT2D eigenvalue weighted by molar-refractivity contribution is -0.123.